The number of urea groups is 1. The number of fused-ring (bicyclic) bond motifs is 1. The molecule has 0 atom stereocenters. The number of anilines is 3. The van der Waals surface area contributed by atoms with Crippen LogP contribution in [0.2, 0.25) is 0 Å². The highest BCUT2D eigenvalue weighted by molar-refractivity contribution is 5.89. The fourth-order valence-electron chi connectivity index (χ4n) is 4.50. The van der Waals surface area contributed by atoms with Gasteiger partial charge in [-0.1, -0.05) is 30.3 Å². The zero-order chi connectivity index (χ0) is 28.2. The topological polar surface area (TPSA) is 108 Å². The molecule has 0 unspecified atom stereocenters. The summed E-state index contributed by atoms with van der Waals surface area (Å²) in [5.41, 5.74) is 2.86. The molecule has 0 fully saturated rings. The number of nitrogens with zero attached hydrogens (tertiary/aromatic N) is 3. The van der Waals surface area contributed by atoms with Crippen molar-refractivity contribution in [2.75, 3.05) is 22.5 Å². The van der Waals surface area contributed by atoms with Crippen molar-refractivity contribution in [2.24, 2.45) is 0 Å². The van der Waals surface area contributed by atoms with Crippen LogP contribution < -0.4 is 21.5 Å². The summed E-state index contributed by atoms with van der Waals surface area (Å²) < 4.78 is 28.3. The zero-order valence-corrected chi connectivity index (χ0v) is 21.6. The fraction of sp³-hybridized carbons (Fsp3) is 0.172. The first kappa shape index (κ1) is 26.5. The Balaban J connectivity index is 1.42. The highest BCUT2D eigenvalue weighted by Crippen LogP contribution is 2.22. The third-order valence-corrected chi connectivity index (χ3v) is 6.40. The van der Waals surface area contributed by atoms with Gasteiger partial charge in [-0.2, -0.15) is 0 Å². The van der Waals surface area contributed by atoms with Gasteiger partial charge in [-0.05, 0) is 42.0 Å². The Labute approximate surface area is 228 Å². The summed E-state index contributed by atoms with van der Waals surface area (Å²) >= 11 is 0. The lowest BCUT2D eigenvalue weighted by atomic mass is 10.1. The fourth-order valence-corrected chi connectivity index (χ4v) is 4.50. The molecule has 1 aliphatic rings. The van der Waals surface area contributed by atoms with Gasteiger partial charge in [0.15, 0.2) is 11.6 Å². The van der Waals surface area contributed by atoms with Gasteiger partial charge in [0.1, 0.15) is 0 Å². The number of para-hydroxylation sites is 1. The number of nitrogens with one attached hydrogen (secondary N) is 3. The molecule has 0 radical (unpaired) electrons. The van der Waals surface area contributed by atoms with Crippen molar-refractivity contribution in [3.8, 4) is 5.69 Å². The van der Waals surface area contributed by atoms with Gasteiger partial charge in [-0.15, -0.1) is 0 Å². The maximum atomic E-state index is 13.8. The number of amides is 3. The summed E-state index contributed by atoms with van der Waals surface area (Å²) in [4.78, 5) is 44.3. The quantitative estimate of drug-likeness (QED) is 0.327. The number of benzene rings is 3. The van der Waals surface area contributed by atoms with E-state index in [-0.39, 0.29) is 30.2 Å². The molecular formula is C29H26F2N6O3. The summed E-state index contributed by atoms with van der Waals surface area (Å²) in [6.07, 6.45) is 0.331. The Morgan fingerprint density at radius 1 is 0.925 bits per heavy atom. The highest BCUT2D eigenvalue weighted by Gasteiger charge is 2.27. The van der Waals surface area contributed by atoms with E-state index in [9.17, 15) is 23.2 Å². The summed E-state index contributed by atoms with van der Waals surface area (Å²) in [5, 5.41) is 8.57. The standard InChI is InChI=1S/C29H26F2N6O3/c1-18(38)33-20-7-5-6-19(14-20)16-32-28-35-26-12-13-36(29(40)34-21-10-11-24(30)25(31)15-21)17-23(26)27(39)37(28)22-8-3-2-4-9-22/h2-11,14-15H,12-13,16-17H2,1H3,(H,32,35)(H,33,38)(H,34,40). The van der Waals surface area contributed by atoms with Crippen molar-refractivity contribution in [3.05, 3.63) is 112 Å². The SMILES string of the molecule is CC(=O)Nc1cccc(CNc2nc3c(c(=O)n2-c2ccccc2)CN(C(=O)Nc2ccc(F)c(F)c2)CC3)c1. The first-order valence-corrected chi connectivity index (χ1v) is 12.6. The Kier molecular flexibility index (Phi) is 7.54. The van der Waals surface area contributed by atoms with Crippen LogP contribution in [-0.2, 0) is 24.3 Å². The predicted octanol–water partition coefficient (Wildman–Crippen LogP) is 4.67. The zero-order valence-electron chi connectivity index (χ0n) is 21.6. The third-order valence-electron chi connectivity index (χ3n) is 6.40. The van der Waals surface area contributed by atoms with Crippen molar-refractivity contribution in [2.45, 2.75) is 26.4 Å². The molecule has 0 aliphatic carbocycles. The second-order valence-electron chi connectivity index (χ2n) is 9.30. The lowest BCUT2D eigenvalue weighted by Crippen LogP contribution is -2.43. The van der Waals surface area contributed by atoms with Gasteiger partial charge < -0.3 is 20.9 Å². The van der Waals surface area contributed by atoms with E-state index in [2.05, 4.69) is 16.0 Å². The van der Waals surface area contributed by atoms with Crippen molar-refractivity contribution >= 4 is 29.3 Å². The van der Waals surface area contributed by atoms with E-state index in [0.717, 1.165) is 17.7 Å². The van der Waals surface area contributed by atoms with E-state index in [0.29, 0.717) is 41.5 Å². The molecule has 1 aromatic heterocycles. The van der Waals surface area contributed by atoms with E-state index in [1.807, 2.05) is 36.4 Å². The van der Waals surface area contributed by atoms with Gasteiger partial charge in [0.2, 0.25) is 11.9 Å². The molecule has 0 saturated heterocycles. The number of aromatic nitrogens is 2. The van der Waals surface area contributed by atoms with E-state index in [1.165, 1.54) is 22.5 Å². The van der Waals surface area contributed by atoms with Crippen LogP contribution in [0, 0.1) is 11.6 Å². The largest absolute Gasteiger partial charge is 0.351 e. The number of rotatable bonds is 6. The summed E-state index contributed by atoms with van der Waals surface area (Å²) in [5.74, 6) is -1.91. The van der Waals surface area contributed by atoms with E-state index >= 15 is 0 Å². The smallest absolute Gasteiger partial charge is 0.322 e. The maximum absolute atomic E-state index is 13.8. The molecule has 11 heteroatoms. The molecule has 4 aromatic rings. The molecule has 1 aliphatic heterocycles. The van der Waals surface area contributed by atoms with Crippen molar-refractivity contribution < 1.29 is 18.4 Å². The number of halogens is 2. The van der Waals surface area contributed by atoms with Crippen LogP contribution in [-0.4, -0.2) is 32.9 Å². The normalized spacial score (nSPS) is 12.4. The van der Waals surface area contributed by atoms with Crippen LogP contribution in [0.25, 0.3) is 5.69 Å². The van der Waals surface area contributed by atoms with E-state index in [4.69, 9.17) is 4.98 Å². The Morgan fingerprint density at radius 2 is 1.70 bits per heavy atom. The lowest BCUT2D eigenvalue weighted by molar-refractivity contribution is -0.114. The summed E-state index contributed by atoms with van der Waals surface area (Å²) in [6, 6.07) is 18.9. The summed E-state index contributed by atoms with van der Waals surface area (Å²) in [6.45, 7) is 2.06. The minimum Gasteiger partial charge on any atom is -0.351 e. The molecule has 5 rings (SSSR count). The van der Waals surface area contributed by atoms with Gasteiger partial charge in [0, 0.05) is 43.9 Å². The first-order chi connectivity index (χ1) is 19.3. The van der Waals surface area contributed by atoms with Crippen LogP contribution in [0.5, 0.6) is 0 Å². The van der Waals surface area contributed by atoms with E-state index in [1.54, 1.807) is 18.2 Å². The Hall–Kier alpha value is -5.06. The minimum atomic E-state index is -1.07. The number of carbonyl (C=O) groups is 2. The van der Waals surface area contributed by atoms with Gasteiger partial charge >= 0.3 is 6.03 Å². The highest BCUT2D eigenvalue weighted by atomic mass is 19.2. The van der Waals surface area contributed by atoms with Gasteiger partial charge in [-0.3, -0.25) is 9.59 Å². The number of carbonyl (C=O) groups excluding carboxylic acids is 2. The van der Waals surface area contributed by atoms with E-state index < -0.39 is 17.7 Å². The van der Waals surface area contributed by atoms with Crippen LogP contribution in [0.1, 0.15) is 23.7 Å². The van der Waals surface area contributed by atoms with Crippen molar-refractivity contribution in [1.82, 2.24) is 14.5 Å². The first-order valence-electron chi connectivity index (χ1n) is 12.6. The predicted molar refractivity (Wildman–Crippen MR) is 147 cm³/mol. The molecule has 9 nitrogen and oxygen atoms in total. The number of hydrogen-bond donors (Lipinski definition) is 3. The molecule has 204 valence electrons. The minimum absolute atomic E-state index is 0.00253. The molecule has 2 heterocycles. The van der Waals surface area contributed by atoms with Crippen LogP contribution in [0.3, 0.4) is 0 Å². The Morgan fingerprint density at radius 3 is 2.45 bits per heavy atom. The lowest BCUT2D eigenvalue weighted by Gasteiger charge is -2.29. The second-order valence-corrected chi connectivity index (χ2v) is 9.30. The number of hydrogen-bond acceptors (Lipinski definition) is 5. The van der Waals surface area contributed by atoms with Crippen molar-refractivity contribution in [3.63, 3.8) is 0 Å². The van der Waals surface area contributed by atoms with Gasteiger partial charge in [0.05, 0.1) is 23.5 Å². The van der Waals surface area contributed by atoms with Crippen LogP contribution >= 0.6 is 0 Å². The molecule has 0 saturated carbocycles. The summed E-state index contributed by atoms with van der Waals surface area (Å²) in [7, 11) is 0. The van der Waals surface area contributed by atoms with Crippen LogP contribution in [0.4, 0.5) is 30.9 Å². The maximum Gasteiger partial charge on any atom is 0.322 e. The van der Waals surface area contributed by atoms with Gasteiger partial charge in [0.25, 0.3) is 5.56 Å². The second kappa shape index (κ2) is 11.4. The average Bonchev–Trinajstić information content (AvgIpc) is 2.94. The average molecular weight is 545 g/mol. The van der Waals surface area contributed by atoms with Crippen molar-refractivity contribution in [1.29, 1.82) is 0 Å². The molecule has 0 bridgehead atoms. The molecule has 40 heavy (non-hydrogen) atoms. The molecule has 3 amide bonds. The monoisotopic (exact) mass is 544 g/mol. The molecule has 3 aromatic carbocycles. The third kappa shape index (κ3) is 5.83. The van der Waals surface area contributed by atoms with Crippen LogP contribution in [0.15, 0.2) is 77.6 Å². The molecule has 0 spiro atoms. The Bertz CT molecular complexity index is 1640. The molecule has 3 N–H and O–H groups in total. The molecular weight excluding hydrogens is 518 g/mol. The van der Waals surface area contributed by atoms with Gasteiger partial charge in [-0.25, -0.2) is 23.1 Å².